The van der Waals surface area contributed by atoms with Crippen LogP contribution in [0.2, 0.25) is 0 Å². The maximum absolute atomic E-state index is 11.7. The maximum Gasteiger partial charge on any atom is 0.188 e. The van der Waals surface area contributed by atoms with Crippen LogP contribution in [0.5, 0.6) is 0 Å². The minimum absolute atomic E-state index is 0.358. The number of nitrogens with two attached hydrogens (primary N) is 1. The molecule has 0 amide bonds. The number of aliphatic imine (C=N–C) groups is 1. The Morgan fingerprint density at radius 1 is 1.43 bits per heavy atom. The van der Waals surface area contributed by atoms with E-state index >= 15 is 0 Å². The summed E-state index contributed by atoms with van der Waals surface area (Å²) in [6, 6.07) is 5.36. The number of hydrogen-bond donors (Lipinski definition) is 2. The number of benzene rings is 1. The van der Waals surface area contributed by atoms with Crippen LogP contribution in [0.3, 0.4) is 0 Å². The lowest BCUT2D eigenvalue weighted by atomic mass is 9.85. The quantitative estimate of drug-likeness (QED) is 0.639. The molecule has 1 fully saturated rings. The van der Waals surface area contributed by atoms with Gasteiger partial charge in [0.15, 0.2) is 15.8 Å². The molecule has 1 aromatic carbocycles. The van der Waals surface area contributed by atoms with Gasteiger partial charge in [-0.25, -0.2) is 13.4 Å². The molecule has 0 atom stereocenters. The highest BCUT2D eigenvalue weighted by Gasteiger charge is 2.16. The fourth-order valence-corrected chi connectivity index (χ4v) is 3.34. The summed E-state index contributed by atoms with van der Waals surface area (Å²) in [6.07, 6.45) is 5.05. The molecule has 0 bridgehead atoms. The first kappa shape index (κ1) is 15.8. The predicted molar refractivity (Wildman–Crippen MR) is 85.0 cm³/mol. The first-order chi connectivity index (χ1) is 9.86. The second-order valence-corrected chi connectivity index (χ2v) is 7.74. The highest BCUT2D eigenvalue weighted by Crippen LogP contribution is 2.25. The molecule has 21 heavy (non-hydrogen) atoms. The van der Waals surface area contributed by atoms with E-state index in [4.69, 9.17) is 5.73 Å². The molecule has 0 aliphatic heterocycles. The number of hydrogen-bond acceptors (Lipinski definition) is 3. The largest absolute Gasteiger partial charge is 0.370 e. The lowest BCUT2D eigenvalue weighted by Crippen LogP contribution is -2.37. The van der Waals surface area contributed by atoms with E-state index in [1.165, 1.54) is 25.5 Å². The molecule has 6 heteroatoms. The van der Waals surface area contributed by atoms with Gasteiger partial charge in [0.2, 0.25) is 0 Å². The van der Waals surface area contributed by atoms with Gasteiger partial charge in [-0.1, -0.05) is 18.6 Å². The Balaban J connectivity index is 1.98. The number of rotatable bonds is 5. The van der Waals surface area contributed by atoms with Crippen LogP contribution in [0.1, 0.15) is 30.4 Å². The van der Waals surface area contributed by atoms with E-state index in [-0.39, 0.29) is 0 Å². The van der Waals surface area contributed by atoms with Gasteiger partial charge < -0.3 is 11.1 Å². The average molecular weight is 309 g/mol. The first-order valence-corrected chi connectivity index (χ1v) is 9.09. The van der Waals surface area contributed by atoms with Crippen molar-refractivity contribution in [1.29, 1.82) is 0 Å². The number of nitrogens with zero attached hydrogens (tertiary/aromatic N) is 1. The van der Waals surface area contributed by atoms with Gasteiger partial charge in [-0.15, -0.1) is 0 Å². The van der Waals surface area contributed by atoms with Crippen LogP contribution in [0.25, 0.3) is 0 Å². The van der Waals surface area contributed by atoms with E-state index in [0.29, 0.717) is 17.4 Å². The summed E-state index contributed by atoms with van der Waals surface area (Å²) in [5.41, 5.74) is 7.42. The summed E-state index contributed by atoms with van der Waals surface area (Å²) in [5.74, 6) is 1.14. The van der Waals surface area contributed by atoms with E-state index in [2.05, 4.69) is 10.3 Å². The Hall–Kier alpha value is -1.56. The molecule has 0 saturated heterocycles. The Morgan fingerprint density at radius 2 is 2.14 bits per heavy atom. The highest BCUT2D eigenvalue weighted by atomic mass is 32.2. The highest BCUT2D eigenvalue weighted by molar-refractivity contribution is 7.90. The third-order valence-corrected chi connectivity index (χ3v) is 5.12. The van der Waals surface area contributed by atoms with Crippen LogP contribution >= 0.6 is 0 Å². The summed E-state index contributed by atoms with van der Waals surface area (Å²) >= 11 is 0. The minimum atomic E-state index is -3.21. The molecule has 1 aromatic rings. The van der Waals surface area contributed by atoms with Gasteiger partial charge in [-0.05, 0) is 42.9 Å². The van der Waals surface area contributed by atoms with E-state index < -0.39 is 9.84 Å². The number of aryl methyl sites for hydroxylation is 1. The lowest BCUT2D eigenvalue weighted by molar-refractivity contribution is 0.315. The number of sulfone groups is 1. The fourth-order valence-electron chi connectivity index (χ4n) is 2.32. The van der Waals surface area contributed by atoms with Gasteiger partial charge in [0.25, 0.3) is 0 Å². The average Bonchev–Trinajstić information content (AvgIpc) is 2.34. The Kier molecular flexibility index (Phi) is 4.88. The summed E-state index contributed by atoms with van der Waals surface area (Å²) in [7, 11) is -3.21. The topological polar surface area (TPSA) is 84.5 Å². The molecule has 1 aliphatic carbocycles. The second kappa shape index (κ2) is 6.47. The van der Waals surface area contributed by atoms with E-state index in [9.17, 15) is 8.42 Å². The summed E-state index contributed by atoms with van der Waals surface area (Å²) in [6.45, 7) is 3.04. The van der Waals surface area contributed by atoms with Crippen molar-refractivity contribution in [3.63, 3.8) is 0 Å². The fraction of sp³-hybridized carbons (Fsp3) is 0.533. The van der Waals surface area contributed by atoms with Crippen molar-refractivity contribution in [3.8, 4) is 0 Å². The van der Waals surface area contributed by atoms with Gasteiger partial charge >= 0.3 is 0 Å². The van der Waals surface area contributed by atoms with Crippen LogP contribution in [0.15, 0.2) is 28.1 Å². The van der Waals surface area contributed by atoms with Crippen molar-refractivity contribution in [2.75, 3.05) is 12.8 Å². The van der Waals surface area contributed by atoms with Gasteiger partial charge in [0.1, 0.15) is 0 Å². The molecule has 1 aliphatic rings. The molecule has 0 spiro atoms. The molecule has 1 saturated carbocycles. The molecule has 0 aromatic heterocycles. The normalized spacial score (nSPS) is 16.6. The maximum atomic E-state index is 11.7. The summed E-state index contributed by atoms with van der Waals surface area (Å²) < 4.78 is 23.4. The zero-order valence-electron chi connectivity index (χ0n) is 12.6. The summed E-state index contributed by atoms with van der Waals surface area (Å²) in [4.78, 5) is 4.62. The third kappa shape index (κ3) is 4.46. The molecular formula is C15H23N3O2S. The minimum Gasteiger partial charge on any atom is -0.370 e. The third-order valence-electron chi connectivity index (χ3n) is 3.88. The Labute approximate surface area is 126 Å². The summed E-state index contributed by atoms with van der Waals surface area (Å²) in [5, 5.41) is 3.12. The SMILES string of the molecule is Cc1ccc(CN=C(N)NCC2CCC2)cc1S(C)(=O)=O. The van der Waals surface area contributed by atoms with Crippen molar-refractivity contribution in [2.24, 2.45) is 16.6 Å². The van der Waals surface area contributed by atoms with Crippen molar-refractivity contribution >= 4 is 15.8 Å². The van der Waals surface area contributed by atoms with Crippen molar-refractivity contribution in [2.45, 2.75) is 37.6 Å². The van der Waals surface area contributed by atoms with Gasteiger partial charge in [-0.2, -0.15) is 0 Å². The molecule has 0 radical (unpaired) electrons. The van der Waals surface area contributed by atoms with Crippen LogP contribution in [0.4, 0.5) is 0 Å². The van der Waals surface area contributed by atoms with Crippen molar-refractivity contribution in [1.82, 2.24) is 5.32 Å². The standard InChI is InChI=1S/C15H23N3O2S/c1-11-6-7-13(8-14(11)21(2,19)20)10-18-15(16)17-9-12-4-3-5-12/h6-8,12H,3-5,9-10H2,1-2H3,(H3,16,17,18). The van der Waals surface area contributed by atoms with Crippen molar-refractivity contribution < 1.29 is 8.42 Å². The van der Waals surface area contributed by atoms with Crippen LogP contribution in [-0.2, 0) is 16.4 Å². The Bertz CT molecular complexity index is 634. The van der Waals surface area contributed by atoms with Gasteiger partial charge in [0, 0.05) is 12.8 Å². The van der Waals surface area contributed by atoms with Gasteiger partial charge in [-0.3, -0.25) is 0 Å². The molecule has 5 nitrogen and oxygen atoms in total. The van der Waals surface area contributed by atoms with Crippen LogP contribution in [-0.4, -0.2) is 27.2 Å². The molecule has 3 N–H and O–H groups in total. The van der Waals surface area contributed by atoms with Gasteiger partial charge in [0.05, 0.1) is 11.4 Å². The Morgan fingerprint density at radius 3 is 2.71 bits per heavy atom. The zero-order valence-corrected chi connectivity index (χ0v) is 13.4. The molecular weight excluding hydrogens is 286 g/mol. The molecule has 0 unspecified atom stereocenters. The molecule has 2 rings (SSSR count). The monoisotopic (exact) mass is 309 g/mol. The number of guanidine groups is 1. The van der Waals surface area contributed by atoms with E-state index in [0.717, 1.165) is 23.6 Å². The molecule has 0 heterocycles. The first-order valence-electron chi connectivity index (χ1n) is 7.19. The zero-order chi connectivity index (χ0) is 15.5. The lowest BCUT2D eigenvalue weighted by Gasteiger charge is -2.25. The van der Waals surface area contributed by atoms with Crippen molar-refractivity contribution in [3.05, 3.63) is 29.3 Å². The van der Waals surface area contributed by atoms with Crippen LogP contribution < -0.4 is 11.1 Å². The smallest absolute Gasteiger partial charge is 0.188 e. The van der Waals surface area contributed by atoms with E-state index in [1.807, 2.05) is 6.07 Å². The predicted octanol–water partition coefficient (Wildman–Crippen LogP) is 1.60. The second-order valence-electron chi connectivity index (χ2n) is 5.75. The molecule has 116 valence electrons. The van der Waals surface area contributed by atoms with Crippen LogP contribution in [0, 0.1) is 12.8 Å². The van der Waals surface area contributed by atoms with E-state index in [1.54, 1.807) is 19.1 Å². The number of nitrogens with one attached hydrogen (secondary N) is 1.